The van der Waals surface area contributed by atoms with Crippen molar-refractivity contribution in [3.8, 4) is 0 Å². The summed E-state index contributed by atoms with van der Waals surface area (Å²) in [7, 11) is 2.19. The second-order valence-electron chi connectivity index (χ2n) is 5.85. The van der Waals surface area contributed by atoms with Crippen LogP contribution in [0.15, 0.2) is 23.1 Å². The van der Waals surface area contributed by atoms with Crippen molar-refractivity contribution in [1.29, 1.82) is 0 Å². The normalized spacial score (nSPS) is 21.8. The largest absolute Gasteiger partial charge is 0.398 e. The molecule has 0 radical (unpaired) electrons. The highest BCUT2D eigenvalue weighted by atomic mass is 16.1. The van der Waals surface area contributed by atoms with Crippen molar-refractivity contribution in [2.45, 2.75) is 32.4 Å². The fourth-order valence-electron chi connectivity index (χ4n) is 2.92. The average molecular weight is 278 g/mol. The van der Waals surface area contributed by atoms with Crippen LogP contribution in [0.5, 0.6) is 0 Å². The summed E-state index contributed by atoms with van der Waals surface area (Å²) in [4.78, 5) is 16.6. The molecule has 1 aromatic heterocycles. The summed E-state index contributed by atoms with van der Waals surface area (Å²) in [5.41, 5.74) is 6.40. The van der Waals surface area contributed by atoms with E-state index in [9.17, 15) is 4.79 Å². The Balaban J connectivity index is 1.86. The molecule has 0 amide bonds. The smallest absolute Gasteiger partial charge is 0.250 e. The lowest BCUT2D eigenvalue weighted by Crippen LogP contribution is -2.38. The number of nitrogen functional groups attached to an aromatic ring is 1. The van der Waals surface area contributed by atoms with Crippen LogP contribution >= 0.6 is 0 Å². The van der Waals surface area contributed by atoms with Gasteiger partial charge in [0.2, 0.25) is 0 Å². The van der Waals surface area contributed by atoms with E-state index in [1.54, 1.807) is 22.9 Å². The maximum Gasteiger partial charge on any atom is 0.250 e. The standard InChI is InChI=1S/C15H26N4O/c1-13-11-17(2)7-3-8-18(13)9-4-10-19-12-14(16)5-6-15(19)20/h5-6,12-13H,3-4,7-11,16H2,1-2H3. The number of hydrogen-bond donors (Lipinski definition) is 1. The molecule has 2 heterocycles. The van der Waals surface area contributed by atoms with E-state index in [0.29, 0.717) is 11.7 Å². The van der Waals surface area contributed by atoms with Crippen molar-refractivity contribution in [1.82, 2.24) is 14.4 Å². The molecule has 1 aliphatic rings. The molecule has 1 unspecified atom stereocenters. The summed E-state index contributed by atoms with van der Waals surface area (Å²) >= 11 is 0. The van der Waals surface area contributed by atoms with E-state index >= 15 is 0 Å². The second kappa shape index (κ2) is 6.90. The number of nitrogens with zero attached hydrogens (tertiary/aromatic N) is 3. The van der Waals surface area contributed by atoms with Gasteiger partial charge in [0.1, 0.15) is 0 Å². The number of likely N-dealkylation sites (N-methyl/N-ethyl adjacent to an activating group) is 1. The summed E-state index contributed by atoms with van der Waals surface area (Å²) in [6.45, 7) is 7.51. The Morgan fingerprint density at radius 1 is 1.30 bits per heavy atom. The highest BCUT2D eigenvalue weighted by Crippen LogP contribution is 2.09. The van der Waals surface area contributed by atoms with Gasteiger partial charge in [-0.2, -0.15) is 0 Å². The van der Waals surface area contributed by atoms with Crippen molar-refractivity contribution in [3.05, 3.63) is 28.7 Å². The van der Waals surface area contributed by atoms with E-state index < -0.39 is 0 Å². The van der Waals surface area contributed by atoms with Crippen molar-refractivity contribution in [2.24, 2.45) is 0 Å². The number of hydrogen-bond acceptors (Lipinski definition) is 4. The number of rotatable bonds is 4. The molecule has 2 rings (SSSR count). The van der Waals surface area contributed by atoms with Gasteiger partial charge >= 0.3 is 0 Å². The van der Waals surface area contributed by atoms with E-state index in [1.165, 1.54) is 13.0 Å². The zero-order valence-corrected chi connectivity index (χ0v) is 12.6. The van der Waals surface area contributed by atoms with Gasteiger partial charge in [-0.3, -0.25) is 9.69 Å². The summed E-state index contributed by atoms with van der Waals surface area (Å²) in [5.74, 6) is 0. The lowest BCUT2D eigenvalue weighted by molar-refractivity contribution is 0.197. The molecule has 0 spiro atoms. The minimum absolute atomic E-state index is 0.0304. The number of anilines is 1. The van der Waals surface area contributed by atoms with Gasteiger partial charge in [-0.05, 0) is 46.0 Å². The predicted molar refractivity (Wildman–Crippen MR) is 82.9 cm³/mol. The lowest BCUT2D eigenvalue weighted by Gasteiger charge is -2.27. The van der Waals surface area contributed by atoms with Crippen LogP contribution < -0.4 is 11.3 Å². The quantitative estimate of drug-likeness (QED) is 0.887. The Hall–Kier alpha value is -1.33. The molecule has 1 aliphatic heterocycles. The summed E-state index contributed by atoms with van der Waals surface area (Å²) in [6, 6.07) is 3.78. The third kappa shape index (κ3) is 4.08. The summed E-state index contributed by atoms with van der Waals surface area (Å²) in [6.07, 6.45) is 3.94. The van der Waals surface area contributed by atoms with Gasteiger partial charge in [0.15, 0.2) is 0 Å². The first kappa shape index (κ1) is 15.1. The van der Waals surface area contributed by atoms with Crippen LogP contribution in [0.25, 0.3) is 0 Å². The first-order valence-corrected chi connectivity index (χ1v) is 7.45. The van der Waals surface area contributed by atoms with E-state index in [2.05, 4.69) is 23.8 Å². The molecule has 112 valence electrons. The molecule has 2 N–H and O–H groups in total. The zero-order valence-electron chi connectivity index (χ0n) is 12.6. The summed E-state index contributed by atoms with van der Waals surface area (Å²) in [5, 5.41) is 0. The third-order valence-corrected chi connectivity index (χ3v) is 4.04. The Labute approximate surface area is 121 Å². The highest BCUT2D eigenvalue weighted by Gasteiger charge is 2.18. The van der Waals surface area contributed by atoms with Crippen LogP contribution in [0, 0.1) is 0 Å². The molecule has 1 fully saturated rings. The van der Waals surface area contributed by atoms with Gasteiger partial charge in [-0.15, -0.1) is 0 Å². The number of aromatic nitrogens is 1. The van der Waals surface area contributed by atoms with E-state index in [1.807, 2.05) is 0 Å². The van der Waals surface area contributed by atoms with Crippen molar-refractivity contribution in [2.75, 3.05) is 39.0 Å². The zero-order chi connectivity index (χ0) is 14.5. The van der Waals surface area contributed by atoms with Crippen molar-refractivity contribution >= 4 is 5.69 Å². The van der Waals surface area contributed by atoms with Crippen LogP contribution in [-0.2, 0) is 6.54 Å². The predicted octanol–water partition coefficient (Wildman–Crippen LogP) is 0.847. The molecule has 1 atom stereocenters. The molecule has 5 heteroatoms. The van der Waals surface area contributed by atoms with Crippen LogP contribution in [-0.4, -0.2) is 53.6 Å². The average Bonchev–Trinajstić information content (AvgIpc) is 2.55. The Bertz CT molecular complexity index is 485. The van der Waals surface area contributed by atoms with Crippen LogP contribution in [0.2, 0.25) is 0 Å². The van der Waals surface area contributed by atoms with Gasteiger partial charge in [0, 0.05) is 43.6 Å². The molecular formula is C15H26N4O. The molecule has 20 heavy (non-hydrogen) atoms. The Morgan fingerprint density at radius 3 is 2.90 bits per heavy atom. The number of pyridine rings is 1. The number of nitrogens with two attached hydrogens (primary N) is 1. The van der Waals surface area contributed by atoms with E-state index in [4.69, 9.17) is 5.73 Å². The van der Waals surface area contributed by atoms with Crippen LogP contribution in [0.1, 0.15) is 19.8 Å². The molecule has 0 saturated carbocycles. The van der Waals surface area contributed by atoms with Gasteiger partial charge in [-0.25, -0.2) is 0 Å². The minimum atomic E-state index is 0.0304. The minimum Gasteiger partial charge on any atom is -0.398 e. The third-order valence-electron chi connectivity index (χ3n) is 4.04. The maximum absolute atomic E-state index is 11.7. The van der Waals surface area contributed by atoms with Gasteiger partial charge in [-0.1, -0.05) is 0 Å². The fourth-order valence-corrected chi connectivity index (χ4v) is 2.92. The van der Waals surface area contributed by atoms with Crippen molar-refractivity contribution in [3.63, 3.8) is 0 Å². The molecule has 5 nitrogen and oxygen atoms in total. The highest BCUT2D eigenvalue weighted by molar-refractivity contribution is 5.33. The summed E-state index contributed by atoms with van der Waals surface area (Å²) < 4.78 is 1.71. The molecule has 0 aromatic carbocycles. The first-order chi connectivity index (χ1) is 9.56. The van der Waals surface area contributed by atoms with E-state index in [0.717, 1.165) is 32.6 Å². The number of aryl methyl sites for hydroxylation is 1. The molecule has 1 saturated heterocycles. The molecule has 0 bridgehead atoms. The van der Waals surface area contributed by atoms with Gasteiger partial charge in [0.05, 0.1) is 0 Å². The van der Waals surface area contributed by atoms with Crippen LogP contribution in [0.4, 0.5) is 5.69 Å². The second-order valence-corrected chi connectivity index (χ2v) is 5.85. The lowest BCUT2D eigenvalue weighted by atomic mass is 10.2. The van der Waals surface area contributed by atoms with Crippen molar-refractivity contribution < 1.29 is 0 Å². The monoisotopic (exact) mass is 278 g/mol. The van der Waals surface area contributed by atoms with E-state index in [-0.39, 0.29) is 5.56 Å². The topological polar surface area (TPSA) is 54.5 Å². The SMILES string of the molecule is CC1CN(C)CCCN1CCCn1cc(N)ccc1=O. The Morgan fingerprint density at radius 2 is 2.10 bits per heavy atom. The van der Waals surface area contributed by atoms with Gasteiger partial charge in [0.25, 0.3) is 5.56 Å². The van der Waals surface area contributed by atoms with Gasteiger partial charge < -0.3 is 15.2 Å². The first-order valence-electron chi connectivity index (χ1n) is 7.45. The molecule has 1 aromatic rings. The van der Waals surface area contributed by atoms with Crippen LogP contribution in [0.3, 0.4) is 0 Å². The molecule has 0 aliphatic carbocycles. The Kier molecular flexibility index (Phi) is 5.20. The fraction of sp³-hybridized carbons (Fsp3) is 0.667. The maximum atomic E-state index is 11.7. The molecular weight excluding hydrogens is 252 g/mol.